The molecule has 0 N–H and O–H groups in total. The van der Waals surface area contributed by atoms with Crippen LogP contribution in [0.3, 0.4) is 0 Å². The maximum Gasteiger partial charge on any atom is 0.196 e. The van der Waals surface area contributed by atoms with E-state index in [0.29, 0.717) is 11.1 Å². The van der Waals surface area contributed by atoms with Crippen LogP contribution in [-0.4, -0.2) is 5.78 Å². The van der Waals surface area contributed by atoms with E-state index in [2.05, 4.69) is 0 Å². The summed E-state index contributed by atoms with van der Waals surface area (Å²) in [5.74, 6) is -2.11. The van der Waals surface area contributed by atoms with Gasteiger partial charge in [0.25, 0.3) is 0 Å². The zero-order chi connectivity index (χ0) is 13.3. The van der Waals surface area contributed by atoms with E-state index in [-0.39, 0.29) is 11.1 Å². The van der Waals surface area contributed by atoms with Crippen LogP contribution in [0.15, 0.2) is 36.4 Å². The third kappa shape index (κ3) is 2.57. The summed E-state index contributed by atoms with van der Waals surface area (Å²) in [7, 11) is 0. The smallest absolute Gasteiger partial charge is 0.196 e. The Kier molecular flexibility index (Phi) is 3.43. The molecule has 0 amide bonds. The van der Waals surface area contributed by atoms with Gasteiger partial charge in [0.1, 0.15) is 11.6 Å². The quantitative estimate of drug-likeness (QED) is 0.746. The van der Waals surface area contributed by atoms with Gasteiger partial charge in [0.05, 0.1) is 5.56 Å². The second-order valence-electron chi connectivity index (χ2n) is 3.97. The lowest BCUT2D eigenvalue weighted by Crippen LogP contribution is -2.05. The first kappa shape index (κ1) is 12.7. The van der Waals surface area contributed by atoms with Gasteiger partial charge in [-0.2, -0.15) is 0 Å². The number of rotatable bonds is 2. The monoisotopic (exact) mass is 266 g/mol. The van der Waals surface area contributed by atoms with Gasteiger partial charge in [0.2, 0.25) is 0 Å². The maximum absolute atomic E-state index is 13.5. The van der Waals surface area contributed by atoms with Crippen molar-refractivity contribution in [2.75, 3.05) is 0 Å². The summed E-state index contributed by atoms with van der Waals surface area (Å²) in [6.07, 6.45) is 0. The fourth-order valence-electron chi connectivity index (χ4n) is 1.70. The Morgan fingerprint density at radius 2 is 1.83 bits per heavy atom. The molecule has 0 fully saturated rings. The van der Waals surface area contributed by atoms with E-state index in [1.54, 1.807) is 19.1 Å². The Bertz CT molecular complexity index is 603. The topological polar surface area (TPSA) is 17.1 Å². The second kappa shape index (κ2) is 4.86. The average Bonchev–Trinajstić information content (AvgIpc) is 2.26. The van der Waals surface area contributed by atoms with Crippen LogP contribution in [0.5, 0.6) is 0 Å². The van der Waals surface area contributed by atoms with Gasteiger partial charge < -0.3 is 0 Å². The zero-order valence-electron chi connectivity index (χ0n) is 9.51. The molecular weight excluding hydrogens is 258 g/mol. The number of carbonyl (C=O) groups is 1. The first-order valence-corrected chi connectivity index (χ1v) is 5.62. The highest BCUT2D eigenvalue weighted by molar-refractivity contribution is 6.31. The van der Waals surface area contributed by atoms with E-state index < -0.39 is 17.4 Å². The van der Waals surface area contributed by atoms with E-state index in [1.807, 2.05) is 0 Å². The minimum absolute atomic E-state index is 0.168. The van der Waals surface area contributed by atoms with E-state index in [9.17, 15) is 13.6 Å². The highest BCUT2D eigenvalue weighted by atomic mass is 35.5. The molecule has 0 spiro atoms. The highest BCUT2D eigenvalue weighted by Gasteiger charge is 2.15. The van der Waals surface area contributed by atoms with Gasteiger partial charge in [-0.25, -0.2) is 8.78 Å². The Morgan fingerprint density at radius 1 is 1.11 bits per heavy atom. The van der Waals surface area contributed by atoms with Crippen LogP contribution in [0.4, 0.5) is 8.78 Å². The van der Waals surface area contributed by atoms with Gasteiger partial charge >= 0.3 is 0 Å². The molecule has 1 nitrogen and oxygen atoms in total. The van der Waals surface area contributed by atoms with Crippen LogP contribution in [0.2, 0.25) is 5.02 Å². The molecule has 4 heteroatoms. The number of carbonyl (C=O) groups excluding carboxylic acids is 1. The molecule has 0 aliphatic heterocycles. The number of aryl methyl sites for hydroxylation is 1. The van der Waals surface area contributed by atoms with Crippen molar-refractivity contribution in [3.05, 3.63) is 69.7 Å². The number of benzene rings is 2. The van der Waals surface area contributed by atoms with Gasteiger partial charge in [-0.1, -0.05) is 11.6 Å². The maximum atomic E-state index is 13.5. The third-order valence-electron chi connectivity index (χ3n) is 2.48. The van der Waals surface area contributed by atoms with Crippen molar-refractivity contribution in [2.24, 2.45) is 0 Å². The number of hydrogen-bond acceptors (Lipinski definition) is 1. The molecule has 0 heterocycles. The van der Waals surface area contributed by atoms with Crippen molar-refractivity contribution in [3.63, 3.8) is 0 Å². The molecule has 0 saturated carbocycles. The number of hydrogen-bond donors (Lipinski definition) is 0. The number of halogens is 3. The lowest BCUT2D eigenvalue weighted by atomic mass is 10.0. The van der Waals surface area contributed by atoms with Crippen molar-refractivity contribution in [3.8, 4) is 0 Å². The van der Waals surface area contributed by atoms with Crippen molar-refractivity contribution in [1.82, 2.24) is 0 Å². The Balaban J connectivity index is 2.47. The van der Waals surface area contributed by atoms with E-state index >= 15 is 0 Å². The van der Waals surface area contributed by atoms with Crippen LogP contribution >= 0.6 is 11.6 Å². The fraction of sp³-hybridized carbons (Fsp3) is 0.0714. The fourth-order valence-corrected chi connectivity index (χ4v) is 1.99. The molecular formula is C14H9ClF2O. The Morgan fingerprint density at radius 3 is 2.44 bits per heavy atom. The molecule has 0 aliphatic rings. The molecule has 92 valence electrons. The van der Waals surface area contributed by atoms with Crippen LogP contribution in [0.25, 0.3) is 0 Å². The first-order valence-electron chi connectivity index (χ1n) is 5.24. The van der Waals surface area contributed by atoms with Crippen molar-refractivity contribution >= 4 is 17.4 Å². The molecule has 2 aromatic carbocycles. The molecule has 0 saturated heterocycles. The third-order valence-corrected chi connectivity index (χ3v) is 2.70. The minimum atomic E-state index is -0.877. The summed E-state index contributed by atoms with van der Waals surface area (Å²) in [5, 5.41) is 0.404. The molecule has 0 atom stereocenters. The van der Waals surface area contributed by atoms with Crippen LogP contribution < -0.4 is 0 Å². The predicted octanol–water partition coefficient (Wildman–Crippen LogP) is 4.16. The molecule has 0 aromatic heterocycles. The molecule has 2 aromatic rings. The predicted molar refractivity (Wildman–Crippen MR) is 66.0 cm³/mol. The van der Waals surface area contributed by atoms with Gasteiger partial charge in [-0.3, -0.25) is 4.79 Å². The zero-order valence-corrected chi connectivity index (χ0v) is 10.3. The van der Waals surface area contributed by atoms with Crippen molar-refractivity contribution in [2.45, 2.75) is 6.92 Å². The van der Waals surface area contributed by atoms with E-state index in [1.165, 1.54) is 6.07 Å². The largest absolute Gasteiger partial charge is 0.288 e. The highest BCUT2D eigenvalue weighted by Crippen LogP contribution is 2.19. The van der Waals surface area contributed by atoms with Gasteiger partial charge in [-0.15, -0.1) is 0 Å². The Labute approximate surface area is 108 Å². The van der Waals surface area contributed by atoms with E-state index in [4.69, 9.17) is 11.6 Å². The summed E-state index contributed by atoms with van der Waals surface area (Å²) < 4.78 is 26.3. The average molecular weight is 267 g/mol. The lowest BCUT2D eigenvalue weighted by molar-refractivity contribution is 0.103. The SMILES string of the molecule is Cc1cc(Cl)cc(C(=O)c2ccc(F)cc2F)c1. The summed E-state index contributed by atoms with van der Waals surface area (Å²) in [5.41, 5.74) is 0.914. The van der Waals surface area contributed by atoms with E-state index in [0.717, 1.165) is 17.7 Å². The second-order valence-corrected chi connectivity index (χ2v) is 4.41. The molecule has 18 heavy (non-hydrogen) atoms. The summed E-state index contributed by atoms with van der Waals surface area (Å²) in [6.45, 7) is 1.78. The van der Waals surface area contributed by atoms with Crippen LogP contribution in [0, 0.1) is 18.6 Å². The Hall–Kier alpha value is -1.74. The summed E-state index contributed by atoms with van der Waals surface area (Å²) >= 11 is 5.84. The lowest BCUT2D eigenvalue weighted by Gasteiger charge is -2.05. The van der Waals surface area contributed by atoms with Crippen molar-refractivity contribution < 1.29 is 13.6 Å². The first-order chi connectivity index (χ1) is 8.47. The van der Waals surface area contributed by atoms with Gasteiger partial charge in [0.15, 0.2) is 5.78 Å². The van der Waals surface area contributed by atoms with Crippen LogP contribution in [0.1, 0.15) is 21.5 Å². The molecule has 0 radical (unpaired) electrons. The normalized spacial score (nSPS) is 10.4. The molecule has 0 aliphatic carbocycles. The van der Waals surface area contributed by atoms with Crippen molar-refractivity contribution in [1.29, 1.82) is 0 Å². The number of ketones is 1. The van der Waals surface area contributed by atoms with Crippen LogP contribution in [-0.2, 0) is 0 Å². The minimum Gasteiger partial charge on any atom is -0.288 e. The molecule has 0 unspecified atom stereocenters. The standard InChI is InChI=1S/C14H9ClF2O/c1-8-4-9(6-10(15)5-8)14(18)12-3-2-11(16)7-13(12)17/h2-7H,1H3. The molecule has 2 rings (SSSR count). The molecule has 0 bridgehead atoms. The van der Waals surface area contributed by atoms with Gasteiger partial charge in [0, 0.05) is 16.7 Å². The summed E-state index contributed by atoms with van der Waals surface area (Å²) in [4.78, 5) is 12.1. The van der Waals surface area contributed by atoms with Gasteiger partial charge in [-0.05, 0) is 42.8 Å². The summed E-state index contributed by atoms with van der Waals surface area (Å²) in [6, 6.07) is 7.62.